The Morgan fingerprint density at radius 1 is 1.00 bits per heavy atom. The van der Waals surface area contributed by atoms with E-state index in [0.29, 0.717) is 0 Å². The normalized spacial score (nSPS) is 11.0. The number of nitro benzene ring substituents is 1. The maximum absolute atomic E-state index is 12.2. The van der Waals surface area contributed by atoms with Crippen molar-refractivity contribution in [3.05, 3.63) is 70.3 Å². The fourth-order valence-electron chi connectivity index (χ4n) is 1.83. The van der Waals surface area contributed by atoms with Crippen LogP contribution < -0.4 is 0 Å². The molecule has 0 fully saturated rings. The number of sulfone groups is 1. The summed E-state index contributed by atoms with van der Waals surface area (Å²) in [5.74, 6) is -1.41. The van der Waals surface area contributed by atoms with Crippen LogP contribution in [0.2, 0.25) is 0 Å². The number of rotatable bonds is 5. The van der Waals surface area contributed by atoms with Crippen LogP contribution in [0.5, 0.6) is 0 Å². The first-order valence-corrected chi connectivity index (χ1v) is 7.61. The summed E-state index contributed by atoms with van der Waals surface area (Å²) in [6.45, 7) is 0. The number of Topliss-reactive ketones (excluding diaryl/α,β-unsaturated/α-hetero) is 1. The van der Waals surface area contributed by atoms with Gasteiger partial charge < -0.3 is 0 Å². The number of para-hydroxylation sites is 1. The van der Waals surface area contributed by atoms with Crippen molar-refractivity contribution in [2.45, 2.75) is 4.90 Å². The largest absolute Gasteiger partial charge is 0.293 e. The SMILES string of the molecule is O=C(CS(=O)(=O)c1ccccc1[N+](=O)[O-])c1ccccc1. The van der Waals surface area contributed by atoms with Crippen molar-refractivity contribution < 1.29 is 18.1 Å². The molecule has 0 N–H and O–H groups in total. The average Bonchev–Trinajstić information content (AvgIpc) is 2.47. The van der Waals surface area contributed by atoms with Gasteiger partial charge in [-0.05, 0) is 6.07 Å². The van der Waals surface area contributed by atoms with E-state index in [9.17, 15) is 23.3 Å². The second kappa shape index (κ2) is 5.84. The number of nitro groups is 1. The number of carbonyl (C=O) groups excluding carboxylic acids is 1. The third kappa shape index (κ3) is 3.32. The summed E-state index contributed by atoms with van der Waals surface area (Å²) in [5.41, 5.74) is -0.280. The summed E-state index contributed by atoms with van der Waals surface area (Å²) in [6, 6.07) is 12.9. The number of carbonyl (C=O) groups is 1. The van der Waals surface area contributed by atoms with Crippen molar-refractivity contribution in [2.75, 3.05) is 5.75 Å². The molecule has 108 valence electrons. The molecule has 0 aliphatic carbocycles. The molecule has 0 heterocycles. The molecule has 0 saturated carbocycles. The van der Waals surface area contributed by atoms with Crippen LogP contribution in [-0.2, 0) is 9.84 Å². The summed E-state index contributed by atoms with van der Waals surface area (Å²) in [5, 5.41) is 10.9. The average molecular weight is 305 g/mol. The summed E-state index contributed by atoms with van der Waals surface area (Å²) < 4.78 is 24.4. The lowest BCUT2D eigenvalue weighted by molar-refractivity contribution is -0.387. The molecule has 0 amide bonds. The highest BCUT2D eigenvalue weighted by Gasteiger charge is 2.27. The first-order valence-electron chi connectivity index (χ1n) is 5.96. The number of benzene rings is 2. The van der Waals surface area contributed by atoms with Crippen LogP contribution in [-0.4, -0.2) is 24.9 Å². The highest BCUT2D eigenvalue weighted by atomic mass is 32.2. The lowest BCUT2D eigenvalue weighted by Crippen LogP contribution is -2.17. The molecule has 0 aromatic heterocycles. The van der Waals surface area contributed by atoms with Crippen molar-refractivity contribution in [1.82, 2.24) is 0 Å². The van der Waals surface area contributed by atoms with Crippen molar-refractivity contribution in [1.29, 1.82) is 0 Å². The van der Waals surface area contributed by atoms with Crippen molar-refractivity contribution in [3.63, 3.8) is 0 Å². The highest BCUT2D eigenvalue weighted by Crippen LogP contribution is 2.24. The van der Waals surface area contributed by atoms with Gasteiger partial charge in [0.15, 0.2) is 15.6 Å². The Hall–Kier alpha value is -2.54. The molecule has 7 heteroatoms. The van der Waals surface area contributed by atoms with E-state index < -0.39 is 36.9 Å². The van der Waals surface area contributed by atoms with Crippen molar-refractivity contribution in [2.24, 2.45) is 0 Å². The Morgan fingerprint density at radius 3 is 2.19 bits per heavy atom. The Kier molecular flexibility index (Phi) is 4.13. The topological polar surface area (TPSA) is 94.3 Å². The molecule has 0 spiro atoms. The van der Waals surface area contributed by atoms with E-state index in [4.69, 9.17) is 0 Å². The van der Waals surface area contributed by atoms with Crippen LogP contribution in [0.15, 0.2) is 59.5 Å². The molecule has 21 heavy (non-hydrogen) atoms. The van der Waals surface area contributed by atoms with E-state index in [1.807, 2.05) is 0 Å². The third-order valence-electron chi connectivity index (χ3n) is 2.81. The number of nitrogens with zero attached hydrogens (tertiary/aromatic N) is 1. The molecule has 0 unspecified atom stereocenters. The Bertz CT molecular complexity index is 784. The molecule has 6 nitrogen and oxygen atoms in total. The molecular formula is C14H11NO5S. The lowest BCUT2D eigenvalue weighted by Gasteiger charge is -2.05. The van der Waals surface area contributed by atoms with E-state index in [1.165, 1.54) is 24.3 Å². The van der Waals surface area contributed by atoms with E-state index in [0.717, 1.165) is 12.1 Å². The van der Waals surface area contributed by atoms with E-state index >= 15 is 0 Å². The second-order valence-electron chi connectivity index (χ2n) is 4.27. The molecule has 0 aliphatic rings. The second-order valence-corrected chi connectivity index (χ2v) is 6.23. The fourth-order valence-corrected chi connectivity index (χ4v) is 3.24. The zero-order chi connectivity index (χ0) is 15.5. The Morgan fingerprint density at radius 2 is 1.57 bits per heavy atom. The van der Waals surface area contributed by atoms with Crippen LogP contribution in [0.25, 0.3) is 0 Å². The summed E-state index contributed by atoms with van der Waals surface area (Å²) in [7, 11) is -4.07. The maximum atomic E-state index is 12.2. The molecule has 0 aliphatic heterocycles. The quantitative estimate of drug-likeness (QED) is 0.479. The van der Waals surface area contributed by atoms with Gasteiger partial charge in [-0.1, -0.05) is 42.5 Å². The molecule has 0 saturated heterocycles. The Balaban J connectivity index is 2.36. The molecule has 2 rings (SSSR count). The zero-order valence-electron chi connectivity index (χ0n) is 10.8. The zero-order valence-corrected chi connectivity index (χ0v) is 11.6. The fraction of sp³-hybridized carbons (Fsp3) is 0.0714. The molecule has 0 atom stereocenters. The monoisotopic (exact) mass is 305 g/mol. The number of hydrogen-bond donors (Lipinski definition) is 0. The van der Waals surface area contributed by atoms with Crippen LogP contribution in [0, 0.1) is 10.1 Å². The van der Waals surface area contributed by atoms with Crippen LogP contribution in [0.3, 0.4) is 0 Å². The molecule has 2 aromatic rings. The Labute approximate surface area is 121 Å². The summed E-state index contributed by atoms with van der Waals surface area (Å²) >= 11 is 0. The van der Waals surface area contributed by atoms with Crippen LogP contribution in [0.4, 0.5) is 5.69 Å². The minimum Gasteiger partial charge on any atom is -0.293 e. The van der Waals surface area contributed by atoms with Gasteiger partial charge in [0.25, 0.3) is 5.69 Å². The molecule has 0 radical (unpaired) electrons. The highest BCUT2D eigenvalue weighted by molar-refractivity contribution is 7.92. The standard InChI is InChI=1S/C14H11NO5S/c16-13(11-6-2-1-3-7-11)10-21(19,20)14-9-5-4-8-12(14)15(17)18/h1-9H,10H2. The summed E-state index contributed by atoms with van der Waals surface area (Å²) in [4.78, 5) is 21.6. The number of ketones is 1. The van der Waals surface area contributed by atoms with E-state index in [1.54, 1.807) is 18.2 Å². The van der Waals surface area contributed by atoms with E-state index in [2.05, 4.69) is 0 Å². The van der Waals surface area contributed by atoms with Crippen molar-refractivity contribution in [3.8, 4) is 0 Å². The molecular weight excluding hydrogens is 294 g/mol. The summed E-state index contributed by atoms with van der Waals surface area (Å²) in [6.07, 6.45) is 0. The third-order valence-corrected chi connectivity index (χ3v) is 4.47. The van der Waals surface area contributed by atoms with Gasteiger partial charge in [0.1, 0.15) is 10.6 Å². The van der Waals surface area contributed by atoms with Crippen LogP contribution in [0.1, 0.15) is 10.4 Å². The van der Waals surface area contributed by atoms with Gasteiger partial charge in [-0.3, -0.25) is 14.9 Å². The first-order chi connectivity index (χ1) is 9.92. The maximum Gasteiger partial charge on any atom is 0.287 e. The predicted molar refractivity (Wildman–Crippen MR) is 75.9 cm³/mol. The lowest BCUT2D eigenvalue weighted by atomic mass is 10.2. The molecule has 0 bridgehead atoms. The van der Waals surface area contributed by atoms with Gasteiger partial charge in [0, 0.05) is 11.6 Å². The predicted octanol–water partition coefficient (Wildman–Crippen LogP) is 2.25. The number of hydrogen-bond acceptors (Lipinski definition) is 5. The minimum absolute atomic E-state index is 0.250. The first kappa shape index (κ1) is 14.9. The van der Waals surface area contributed by atoms with Gasteiger partial charge in [-0.2, -0.15) is 0 Å². The smallest absolute Gasteiger partial charge is 0.287 e. The van der Waals surface area contributed by atoms with E-state index in [-0.39, 0.29) is 5.56 Å². The van der Waals surface area contributed by atoms with Gasteiger partial charge >= 0.3 is 0 Å². The van der Waals surface area contributed by atoms with Gasteiger partial charge in [0.2, 0.25) is 0 Å². The van der Waals surface area contributed by atoms with Gasteiger partial charge in [-0.15, -0.1) is 0 Å². The van der Waals surface area contributed by atoms with Gasteiger partial charge in [-0.25, -0.2) is 8.42 Å². The minimum atomic E-state index is -4.07. The van der Waals surface area contributed by atoms with Crippen molar-refractivity contribution >= 4 is 21.3 Å². The molecule has 2 aromatic carbocycles. The van der Waals surface area contributed by atoms with Gasteiger partial charge in [0.05, 0.1) is 4.92 Å². The van der Waals surface area contributed by atoms with Crippen LogP contribution >= 0.6 is 0 Å².